The fourth-order valence-electron chi connectivity index (χ4n) is 3.01. The van der Waals surface area contributed by atoms with Crippen LogP contribution in [0, 0.1) is 19.3 Å². The topological polar surface area (TPSA) is 63.4 Å². The molecule has 1 fully saturated rings. The van der Waals surface area contributed by atoms with Gasteiger partial charge in [0, 0.05) is 47.3 Å². The van der Waals surface area contributed by atoms with Gasteiger partial charge in [0.2, 0.25) is 5.91 Å². The van der Waals surface area contributed by atoms with Gasteiger partial charge in [-0.2, -0.15) is 0 Å². The van der Waals surface area contributed by atoms with Gasteiger partial charge in [-0.1, -0.05) is 13.8 Å². The van der Waals surface area contributed by atoms with Crippen LogP contribution in [0.2, 0.25) is 0 Å². The van der Waals surface area contributed by atoms with E-state index in [1.54, 1.807) is 11.3 Å². The summed E-state index contributed by atoms with van der Waals surface area (Å²) < 4.78 is 0. The normalized spacial score (nSPS) is 20.0. The summed E-state index contributed by atoms with van der Waals surface area (Å²) in [6.07, 6.45) is 1.41. The Hall–Kier alpha value is -0.910. The van der Waals surface area contributed by atoms with Gasteiger partial charge in [-0.3, -0.25) is 9.59 Å². The number of nitrogens with zero attached hydrogens (tertiary/aromatic N) is 1. The molecule has 1 saturated heterocycles. The smallest absolute Gasteiger partial charge is 0.223 e. The average molecular weight is 359 g/mol. The fourth-order valence-corrected chi connectivity index (χ4v) is 3.95. The van der Waals surface area contributed by atoms with Crippen molar-refractivity contribution >= 4 is 35.4 Å². The van der Waals surface area contributed by atoms with Crippen molar-refractivity contribution in [2.75, 3.05) is 13.1 Å². The van der Waals surface area contributed by atoms with Crippen molar-refractivity contribution in [1.82, 2.24) is 4.90 Å². The van der Waals surface area contributed by atoms with E-state index in [-0.39, 0.29) is 35.6 Å². The SMILES string of the molecule is Cc1cc(C(=O)CCC(=O)N2CCC(N)C(C)(C)C2)c(C)s1.Cl. The maximum atomic E-state index is 12.4. The third kappa shape index (κ3) is 4.78. The Morgan fingerprint density at radius 3 is 2.52 bits per heavy atom. The van der Waals surface area contributed by atoms with Gasteiger partial charge >= 0.3 is 0 Å². The second kappa shape index (κ2) is 7.77. The Morgan fingerprint density at radius 2 is 2.00 bits per heavy atom. The first-order valence-corrected chi connectivity index (χ1v) is 8.66. The molecule has 130 valence electrons. The van der Waals surface area contributed by atoms with Crippen LogP contribution >= 0.6 is 23.7 Å². The summed E-state index contributed by atoms with van der Waals surface area (Å²) in [5.74, 6) is 0.140. The third-order valence-electron chi connectivity index (χ3n) is 4.57. The molecule has 1 aliphatic rings. The van der Waals surface area contributed by atoms with E-state index in [1.807, 2.05) is 24.8 Å². The zero-order chi connectivity index (χ0) is 16.5. The number of hydrogen-bond donors (Lipinski definition) is 1. The number of carbonyl (C=O) groups excluding carboxylic acids is 2. The summed E-state index contributed by atoms with van der Waals surface area (Å²) in [7, 11) is 0. The highest BCUT2D eigenvalue weighted by Gasteiger charge is 2.35. The Labute approximate surface area is 148 Å². The Morgan fingerprint density at radius 1 is 1.35 bits per heavy atom. The monoisotopic (exact) mass is 358 g/mol. The molecule has 2 N–H and O–H groups in total. The van der Waals surface area contributed by atoms with Crippen molar-refractivity contribution in [3.63, 3.8) is 0 Å². The molecule has 0 radical (unpaired) electrons. The average Bonchev–Trinajstić information content (AvgIpc) is 2.77. The van der Waals surface area contributed by atoms with Crippen molar-refractivity contribution in [2.45, 2.75) is 53.0 Å². The van der Waals surface area contributed by atoms with Crippen molar-refractivity contribution < 1.29 is 9.59 Å². The molecule has 0 aromatic carbocycles. The van der Waals surface area contributed by atoms with Gasteiger partial charge in [-0.05, 0) is 31.7 Å². The number of aryl methyl sites for hydroxylation is 2. The second-order valence-electron chi connectivity index (χ2n) is 6.95. The van der Waals surface area contributed by atoms with Crippen LogP contribution in [0.4, 0.5) is 0 Å². The molecule has 1 unspecified atom stereocenters. The fraction of sp³-hybridized carbons (Fsp3) is 0.647. The van der Waals surface area contributed by atoms with Crippen LogP contribution in [0.1, 0.15) is 53.2 Å². The predicted octanol–water partition coefficient (Wildman–Crippen LogP) is 3.34. The van der Waals surface area contributed by atoms with E-state index in [1.165, 1.54) is 0 Å². The van der Waals surface area contributed by atoms with Crippen LogP contribution in [-0.2, 0) is 4.79 Å². The lowest BCUT2D eigenvalue weighted by atomic mass is 9.79. The van der Waals surface area contributed by atoms with Gasteiger partial charge in [-0.15, -0.1) is 23.7 Å². The number of hydrogen-bond acceptors (Lipinski definition) is 4. The number of ketones is 1. The number of carbonyl (C=O) groups is 2. The first kappa shape index (κ1) is 20.1. The van der Waals surface area contributed by atoms with E-state index in [0.29, 0.717) is 25.9 Å². The minimum Gasteiger partial charge on any atom is -0.342 e. The molecular weight excluding hydrogens is 332 g/mol. The van der Waals surface area contributed by atoms with E-state index < -0.39 is 0 Å². The summed E-state index contributed by atoms with van der Waals surface area (Å²) in [4.78, 5) is 28.7. The van der Waals surface area contributed by atoms with Crippen LogP contribution in [0.25, 0.3) is 0 Å². The van der Waals surface area contributed by atoms with Gasteiger partial charge < -0.3 is 10.6 Å². The zero-order valence-corrected chi connectivity index (χ0v) is 16.0. The quantitative estimate of drug-likeness (QED) is 0.839. The lowest BCUT2D eigenvalue weighted by Gasteiger charge is -2.42. The highest BCUT2D eigenvalue weighted by atomic mass is 35.5. The van der Waals surface area contributed by atoms with Gasteiger partial charge in [0.05, 0.1) is 0 Å². The number of halogens is 1. The molecule has 1 amide bonds. The molecule has 0 spiro atoms. The number of rotatable bonds is 4. The van der Waals surface area contributed by atoms with Crippen molar-refractivity contribution in [3.8, 4) is 0 Å². The van der Waals surface area contributed by atoms with E-state index in [0.717, 1.165) is 21.7 Å². The van der Waals surface area contributed by atoms with Crippen molar-refractivity contribution in [2.24, 2.45) is 11.1 Å². The standard InChI is InChI=1S/C17H26N2O2S.ClH/c1-11-9-13(12(2)22-11)14(20)5-6-16(21)19-8-7-15(18)17(3,4)10-19;/h9,15H,5-8,10,18H2,1-4H3;1H. The Bertz CT molecular complexity index is 583. The van der Waals surface area contributed by atoms with Crippen LogP contribution in [-0.4, -0.2) is 35.7 Å². The molecule has 23 heavy (non-hydrogen) atoms. The second-order valence-corrected chi connectivity index (χ2v) is 8.41. The lowest BCUT2D eigenvalue weighted by molar-refractivity contribution is -0.134. The molecule has 2 rings (SSSR count). The van der Waals surface area contributed by atoms with Gasteiger partial charge in [0.15, 0.2) is 5.78 Å². The first-order chi connectivity index (χ1) is 10.2. The summed E-state index contributed by atoms with van der Waals surface area (Å²) in [6, 6.07) is 2.06. The van der Waals surface area contributed by atoms with Crippen LogP contribution in [0.15, 0.2) is 6.07 Å². The number of likely N-dealkylation sites (tertiary alicyclic amines) is 1. The molecule has 0 saturated carbocycles. The molecule has 0 bridgehead atoms. The molecule has 1 aromatic rings. The third-order valence-corrected chi connectivity index (χ3v) is 5.54. The summed E-state index contributed by atoms with van der Waals surface area (Å²) in [5, 5.41) is 0. The highest BCUT2D eigenvalue weighted by Crippen LogP contribution is 2.28. The van der Waals surface area contributed by atoms with E-state index in [4.69, 9.17) is 5.73 Å². The maximum Gasteiger partial charge on any atom is 0.223 e. The van der Waals surface area contributed by atoms with Crippen LogP contribution in [0.3, 0.4) is 0 Å². The highest BCUT2D eigenvalue weighted by molar-refractivity contribution is 7.12. The van der Waals surface area contributed by atoms with Gasteiger partial charge in [0.25, 0.3) is 0 Å². The van der Waals surface area contributed by atoms with Gasteiger partial charge in [0.1, 0.15) is 0 Å². The predicted molar refractivity (Wildman–Crippen MR) is 97.6 cm³/mol. The summed E-state index contributed by atoms with van der Waals surface area (Å²) in [6.45, 7) is 9.53. The Kier molecular flexibility index (Phi) is 6.81. The first-order valence-electron chi connectivity index (χ1n) is 7.84. The van der Waals surface area contributed by atoms with Crippen LogP contribution < -0.4 is 5.73 Å². The van der Waals surface area contributed by atoms with E-state index in [9.17, 15) is 9.59 Å². The Balaban J connectivity index is 0.00000264. The molecule has 6 heteroatoms. The number of Topliss-reactive ketones (excluding diaryl/α,β-unsaturated/α-hetero) is 1. The molecule has 4 nitrogen and oxygen atoms in total. The van der Waals surface area contributed by atoms with Crippen LogP contribution in [0.5, 0.6) is 0 Å². The molecular formula is C17H27ClN2O2S. The van der Waals surface area contributed by atoms with Crippen molar-refractivity contribution in [1.29, 1.82) is 0 Å². The van der Waals surface area contributed by atoms with Gasteiger partial charge in [-0.25, -0.2) is 0 Å². The number of thiophene rings is 1. The number of amides is 1. The largest absolute Gasteiger partial charge is 0.342 e. The minimum atomic E-state index is -0.0566. The molecule has 2 heterocycles. The summed E-state index contributed by atoms with van der Waals surface area (Å²) >= 11 is 1.63. The van der Waals surface area contributed by atoms with E-state index >= 15 is 0 Å². The lowest BCUT2D eigenvalue weighted by Crippen LogP contribution is -2.54. The molecule has 1 aliphatic heterocycles. The number of nitrogens with two attached hydrogens (primary N) is 1. The molecule has 0 aliphatic carbocycles. The zero-order valence-electron chi connectivity index (χ0n) is 14.3. The maximum absolute atomic E-state index is 12.4. The minimum absolute atomic E-state index is 0. The molecule has 1 atom stereocenters. The van der Waals surface area contributed by atoms with E-state index in [2.05, 4.69) is 13.8 Å². The summed E-state index contributed by atoms with van der Waals surface area (Å²) in [5.41, 5.74) is 6.82. The molecule has 1 aromatic heterocycles. The number of piperidine rings is 1. The van der Waals surface area contributed by atoms with Crippen molar-refractivity contribution in [3.05, 3.63) is 21.4 Å².